The maximum atomic E-state index is 13.4. The Morgan fingerprint density at radius 2 is 1.95 bits per heavy atom. The van der Waals surface area contributed by atoms with Gasteiger partial charge >= 0.3 is 0 Å². The Bertz CT molecular complexity index is 1500. The largest absolute Gasteiger partial charge is 0.494 e. The lowest BCUT2D eigenvalue weighted by molar-refractivity contribution is 0.0118. The van der Waals surface area contributed by atoms with Gasteiger partial charge in [-0.25, -0.2) is 23.7 Å². The third kappa shape index (κ3) is 4.81. The normalized spacial score (nSPS) is 16.6. The summed E-state index contributed by atoms with van der Waals surface area (Å²) in [5, 5.41) is 0. The Morgan fingerprint density at radius 1 is 1.05 bits per heavy atom. The Hall–Kier alpha value is -3.98. The maximum absolute atomic E-state index is 13.4. The van der Waals surface area contributed by atoms with Crippen molar-refractivity contribution in [2.24, 2.45) is 0 Å². The Morgan fingerprint density at radius 3 is 2.79 bits per heavy atom. The third-order valence-corrected chi connectivity index (χ3v) is 7.18. The van der Waals surface area contributed by atoms with Crippen LogP contribution in [0.5, 0.6) is 5.75 Å². The van der Waals surface area contributed by atoms with E-state index in [4.69, 9.17) is 4.74 Å². The second-order valence-electron chi connectivity index (χ2n) is 9.77. The van der Waals surface area contributed by atoms with E-state index in [0.29, 0.717) is 42.7 Å². The Kier molecular flexibility index (Phi) is 6.45. The summed E-state index contributed by atoms with van der Waals surface area (Å²) >= 11 is 0. The Labute approximate surface area is 219 Å². The van der Waals surface area contributed by atoms with Gasteiger partial charge < -0.3 is 9.64 Å². The zero-order chi connectivity index (χ0) is 26.1. The Balaban J connectivity index is 1.20. The van der Waals surface area contributed by atoms with E-state index in [1.54, 1.807) is 17.2 Å². The van der Waals surface area contributed by atoms with Crippen LogP contribution >= 0.6 is 0 Å². The lowest BCUT2D eigenvalue weighted by atomic mass is 9.98. The highest BCUT2D eigenvalue weighted by atomic mass is 19.3. The number of benzene rings is 2. The minimum Gasteiger partial charge on any atom is -0.494 e. The van der Waals surface area contributed by atoms with Gasteiger partial charge in [0.2, 0.25) is 0 Å². The molecule has 2 aromatic heterocycles. The molecule has 4 aromatic rings. The van der Waals surface area contributed by atoms with Gasteiger partial charge in [0.15, 0.2) is 12.1 Å². The van der Waals surface area contributed by atoms with E-state index in [0.717, 1.165) is 47.6 Å². The van der Waals surface area contributed by atoms with Crippen LogP contribution in [0.1, 0.15) is 28.8 Å². The number of halogens is 2. The van der Waals surface area contributed by atoms with E-state index >= 15 is 0 Å². The van der Waals surface area contributed by atoms with Crippen LogP contribution in [0.2, 0.25) is 0 Å². The summed E-state index contributed by atoms with van der Waals surface area (Å²) < 4.78 is 32.8. The number of carbonyl (C=O) groups excluding carboxylic acids is 1. The number of pyridine rings is 1. The van der Waals surface area contributed by atoms with Crippen molar-refractivity contribution in [2.75, 3.05) is 37.7 Å². The molecule has 2 aliphatic rings. The van der Waals surface area contributed by atoms with Crippen molar-refractivity contribution >= 4 is 28.8 Å². The number of aldehydes is 1. The number of rotatable bonds is 8. The van der Waals surface area contributed by atoms with Crippen LogP contribution in [-0.2, 0) is 6.42 Å². The van der Waals surface area contributed by atoms with E-state index in [9.17, 15) is 13.6 Å². The van der Waals surface area contributed by atoms with Crippen molar-refractivity contribution < 1.29 is 18.3 Å². The van der Waals surface area contributed by atoms with Crippen molar-refractivity contribution in [1.29, 1.82) is 0 Å². The smallest absolute Gasteiger partial charge is 0.261 e. The molecule has 0 saturated carbocycles. The van der Waals surface area contributed by atoms with Crippen LogP contribution in [0, 0.1) is 0 Å². The van der Waals surface area contributed by atoms with Gasteiger partial charge in [0.05, 0.1) is 18.7 Å². The number of fused-ring (bicyclic) bond motifs is 2. The third-order valence-electron chi connectivity index (χ3n) is 7.18. The minimum absolute atomic E-state index is 0.0558. The predicted molar refractivity (Wildman–Crippen MR) is 141 cm³/mol. The summed E-state index contributed by atoms with van der Waals surface area (Å²) in [4.78, 5) is 28.4. The highest BCUT2D eigenvalue weighted by Crippen LogP contribution is 2.41. The number of hydrogen-bond acceptors (Lipinski definition) is 7. The lowest BCUT2D eigenvalue weighted by Crippen LogP contribution is -2.27. The summed E-state index contributed by atoms with van der Waals surface area (Å²) in [6.45, 7) is 2.13. The fourth-order valence-electron chi connectivity index (χ4n) is 5.36. The fourth-order valence-corrected chi connectivity index (χ4v) is 5.36. The van der Waals surface area contributed by atoms with Crippen LogP contribution in [0.25, 0.3) is 22.2 Å². The van der Waals surface area contributed by atoms with E-state index < -0.39 is 5.92 Å². The fraction of sp³-hybridized carbons (Fsp3) is 0.310. The minimum atomic E-state index is -2.56. The monoisotopic (exact) mass is 515 g/mol. The summed E-state index contributed by atoms with van der Waals surface area (Å²) in [5.74, 6) is -1.08. The van der Waals surface area contributed by atoms with Gasteiger partial charge in [-0.2, -0.15) is 0 Å². The highest BCUT2D eigenvalue weighted by molar-refractivity contribution is 5.92. The molecule has 194 valence electrons. The van der Waals surface area contributed by atoms with E-state index in [-0.39, 0.29) is 13.0 Å². The molecule has 1 fully saturated rings. The quantitative estimate of drug-likeness (QED) is 0.233. The van der Waals surface area contributed by atoms with E-state index in [1.807, 2.05) is 24.3 Å². The topological polar surface area (TPSA) is 71.5 Å². The number of ether oxygens (including phenoxy) is 1. The molecule has 1 saturated heterocycles. The molecule has 0 aliphatic carbocycles. The van der Waals surface area contributed by atoms with Crippen molar-refractivity contribution in [3.63, 3.8) is 0 Å². The molecule has 0 atom stereocenters. The molecular formula is C29H27F2N5O2. The molecule has 2 aliphatic heterocycles. The molecule has 0 N–H and O–H groups in total. The van der Waals surface area contributed by atoms with Crippen molar-refractivity contribution in [1.82, 2.24) is 19.9 Å². The second kappa shape index (κ2) is 10.1. The number of nitrogens with zero attached hydrogens (tertiary/aromatic N) is 5. The van der Waals surface area contributed by atoms with Crippen molar-refractivity contribution in [3.8, 4) is 16.9 Å². The highest BCUT2D eigenvalue weighted by Gasteiger charge is 2.37. The van der Waals surface area contributed by atoms with Crippen LogP contribution < -0.4 is 9.64 Å². The first-order chi connectivity index (χ1) is 18.5. The number of carbonyl (C=O) groups is 1. The van der Waals surface area contributed by atoms with E-state index in [1.165, 1.54) is 11.9 Å². The average Bonchev–Trinajstić information content (AvgIpc) is 3.53. The molecular weight excluding hydrogens is 488 g/mol. The number of hydrogen-bond donors (Lipinski definition) is 0. The molecule has 0 radical (unpaired) electrons. The zero-order valence-electron chi connectivity index (χ0n) is 20.8. The average molecular weight is 516 g/mol. The molecule has 0 amide bonds. The molecule has 0 spiro atoms. The van der Waals surface area contributed by atoms with Gasteiger partial charge in [-0.05, 0) is 53.8 Å². The van der Waals surface area contributed by atoms with Crippen LogP contribution in [-0.4, -0.2) is 64.8 Å². The number of anilines is 2. The van der Waals surface area contributed by atoms with Crippen molar-refractivity contribution in [2.45, 2.75) is 25.2 Å². The van der Waals surface area contributed by atoms with Crippen LogP contribution in [0.3, 0.4) is 0 Å². The number of aromatic nitrogens is 3. The van der Waals surface area contributed by atoms with Gasteiger partial charge in [0.1, 0.15) is 17.6 Å². The molecule has 6 rings (SSSR count). The second-order valence-corrected chi connectivity index (χ2v) is 9.77. The lowest BCUT2D eigenvalue weighted by Gasteiger charge is -2.20. The number of alkyl halides is 2. The molecule has 0 unspecified atom stereocenters. The molecule has 7 nitrogen and oxygen atoms in total. The van der Waals surface area contributed by atoms with Gasteiger partial charge in [-0.3, -0.25) is 9.69 Å². The molecule has 4 heterocycles. The summed E-state index contributed by atoms with van der Waals surface area (Å²) in [6, 6.07) is 16.0. The molecule has 2 aromatic carbocycles. The predicted octanol–water partition coefficient (Wildman–Crippen LogP) is 5.31. The van der Waals surface area contributed by atoms with Gasteiger partial charge in [0, 0.05) is 43.5 Å². The first-order valence-corrected chi connectivity index (χ1v) is 12.8. The number of likely N-dealkylation sites (tertiary alicyclic amines) is 1. The SMILES string of the molecule is O=Cc1cnc2c(N3CCc4c(-c5cccc(OCCCN6CCC(F)(F)C6)c5)cccc43)ncnc2c1. The van der Waals surface area contributed by atoms with Gasteiger partial charge in [-0.15, -0.1) is 0 Å². The molecule has 9 heteroatoms. The van der Waals surface area contributed by atoms with E-state index in [2.05, 4.69) is 38.1 Å². The summed E-state index contributed by atoms with van der Waals surface area (Å²) in [6.07, 6.45) is 5.30. The van der Waals surface area contributed by atoms with Crippen molar-refractivity contribution in [3.05, 3.63) is 72.2 Å². The summed E-state index contributed by atoms with van der Waals surface area (Å²) in [7, 11) is 0. The standard InChI is InChI=1S/C29H27F2N5O2/c30-29(31)9-12-35(18-29)10-3-13-38-22-5-1-4-21(15-22)23-6-2-7-26-24(23)8-11-36(26)28-27-25(33-19-34-28)14-20(17-37)16-32-27/h1-2,4-7,14-17,19H,3,8-13,18H2. The van der Waals surface area contributed by atoms with Gasteiger partial charge in [-0.1, -0.05) is 24.3 Å². The zero-order valence-corrected chi connectivity index (χ0v) is 20.8. The molecule has 0 bridgehead atoms. The first-order valence-electron chi connectivity index (χ1n) is 12.8. The molecule has 38 heavy (non-hydrogen) atoms. The maximum Gasteiger partial charge on any atom is 0.261 e. The summed E-state index contributed by atoms with van der Waals surface area (Å²) in [5.41, 5.74) is 6.24. The van der Waals surface area contributed by atoms with Crippen LogP contribution in [0.4, 0.5) is 20.3 Å². The first kappa shape index (κ1) is 24.4. The van der Waals surface area contributed by atoms with Gasteiger partial charge in [0.25, 0.3) is 5.92 Å². The van der Waals surface area contributed by atoms with Crippen LogP contribution in [0.15, 0.2) is 61.1 Å².